The van der Waals surface area contributed by atoms with Gasteiger partial charge in [-0.3, -0.25) is 4.90 Å². The first-order valence-corrected chi connectivity index (χ1v) is 8.64. The van der Waals surface area contributed by atoms with Gasteiger partial charge in [0, 0.05) is 18.6 Å². The Morgan fingerprint density at radius 2 is 2.00 bits per heavy atom. The summed E-state index contributed by atoms with van der Waals surface area (Å²) in [5.74, 6) is 0. The highest BCUT2D eigenvalue weighted by atomic mass is 16.3. The fraction of sp³-hybridized carbons (Fsp3) is 0.938. The van der Waals surface area contributed by atoms with E-state index in [2.05, 4.69) is 15.5 Å². The third-order valence-electron chi connectivity index (χ3n) is 4.93. The van der Waals surface area contributed by atoms with Crippen molar-refractivity contribution in [1.29, 1.82) is 0 Å². The highest BCUT2D eigenvalue weighted by Gasteiger charge is 2.27. The maximum Gasteiger partial charge on any atom is 0.315 e. The minimum absolute atomic E-state index is 0.00276. The number of amides is 2. The number of carbonyl (C=O) groups excluding carboxylic acids is 1. The molecule has 2 aliphatic rings. The smallest absolute Gasteiger partial charge is 0.315 e. The quantitative estimate of drug-likeness (QED) is 0.725. The maximum absolute atomic E-state index is 12.0. The van der Waals surface area contributed by atoms with Crippen LogP contribution < -0.4 is 10.6 Å². The van der Waals surface area contributed by atoms with Crippen LogP contribution in [0.3, 0.4) is 0 Å². The van der Waals surface area contributed by atoms with Crippen LogP contribution in [-0.4, -0.2) is 53.9 Å². The molecule has 0 radical (unpaired) electrons. The largest absolute Gasteiger partial charge is 0.394 e. The highest BCUT2D eigenvalue weighted by molar-refractivity contribution is 5.74. The van der Waals surface area contributed by atoms with Gasteiger partial charge in [-0.25, -0.2) is 4.79 Å². The van der Waals surface area contributed by atoms with E-state index in [0.29, 0.717) is 0 Å². The number of aliphatic hydroxyl groups excluding tert-OH is 1. The molecule has 0 spiro atoms. The molecule has 2 rings (SSSR count). The number of piperidine rings is 1. The van der Waals surface area contributed by atoms with Gasteiger partial charge in [0.25, 0.3) is 0 Å². The number of rotatable bonds is 5. The second-order valence-corrected chi connectivity index (χ2v) is 6.53. The summed E-state index contributed by atoms with van der Waals surface area (Å²) >= 11 is 0. The van der Waals surface area contributed by atoms with E-state index in [-0.39, 0.29) is 24.7 Å². The summed E-state index contributed by atoms with van der Waals surface area (Å²) in [4.78, 5) is 14.6. The molecule has 1 aliphatic heterocycles. The highest BCUT2D eigenvalue weighted by Crippen LogP contribution is 2.25. The van der Waals surface area contributed by atoms with E-state index in [1.165, 1.54) is 45.1 Å². The van der Waals surface area contributed by atoms with Crippen molar-refractivity contribution < 1.29 is 9.90 Å². The van der Waals surface area contributed by atoms with Crippen LogP contribution in [0.5, 0.6) is 0 Å². The van der Waals surface area contributed by atoms with Crippen LogP contribution in [-0.2, 0) is 0 Å². The normalized spacial score (nSPS) is 26.3. The first-order valence-electron chi connectivity index (χ1n) is 8.64. The van der Waals surface area contributed by atoms with Gasteiger partial charge in [-0.1, -0.05) is 26.2 Å². The molecule has 2 atom stereocenters. The first-order chi connectivity index (χ1) is 10.2. The van der Waals surface area contributed by atoms with Gasteiger partial charge >= 0.3 is 6.03 Å². The third kappa shape index (κ3) is 5.15. The number of nitrogens with zero attached hydrogens (tertiary/aromatic N) is 1. The average molecular weight is 297 g/mol. The summed E-state index contributed by atoms with van der Waals surface area (Å²) in [6.45, 7) is 4.13. The number of aliphatic hydroxyl groups is 1. The molecule has 5 heteroatoms. The summed E-state index contributed by atoms with van der Waals surface area (Å²) in [5, 5.41) is 15.1. The number of likely N-dealkylation sites (tertiary alicyclic amines) is 1. The van der Waals surface area contributed by atoms with Gasteiger partial charge in [-0.2, -0.15) is 0 Å². The molecular formula is C16H31N3O2. The molecule has 1 saturated carbocycles. The Hall–Kier alpha value is -0.810. The predicted molar refractivity (Wildman–Crippen MR) is 84.3 cm³/mol. The van der Waals surface area contributed by atoms with Crippen molar-refractivity contribution in [2.75, 3.05) is 19.7 Å². The van der Waals surface area contributed by atoms with Gasteiger partial charge in [0.05, 0.1) is 12.6 Å². The second kappa shape index (κ2) is 8.59. The molecule has 122 valence electrons. The average Bonchev–Trinajstić information content (AvgIpc) is 2.53. The fourth-order valence-corrected chi connectivity index (χ4v) is 3.59. The lowest BCUT2D eigenvalue weighted by Gasteiger charge is -2.40. The molecule has 5 nitrogen and oxygen atoms in total. The van der Waals surface area contributed by atoms with E-state index in [1.807, 2.05) is 6.92 Å². The van der Waals surface area contributed by atoms with E-state index >= 15 is 0 Å². The fourth-order valence-electron chi connectivity index (χ4n) is 3.59. The van der Waals surface area contributed by atoms with Crippen LogP contribution in [0.4, 0.5) is 4.79 Å². The zero-order valence-electron chi connectivity index (χ0n) is 13.3. The lowest BCUT2D eigenvalue weighted by atomic mass is 9.92. The van der Waals surface area contributed by atoms with Gasteiger partial charge in [-0.15, -0.1) is 0 Å². The summed E-state index contributed by atoms with van der Waals surface area (Å²) in [5.41, 5.74) is 0. The van der Waals surface area contributed by atoms with Crippen molar-refractivity contribution in [3.05, 3.63) is 0 Å². The maximum atomic E-state index is 12.0. The van der Waals surface area contributed by atoms with Crippen LogP contribution in [0.25, 0.3) is 0 Å². The zero-order chi connectivity index (χ0) is 15.1. The van der Waals surface area contributed by atoms with Crippen LogP contribution in [0.2, 0.25) is 0 Å². The van der Waals surface area contributed by atoms with Crippen LogP contribution in [0.15, 0.2) is 0 Å². The molecular weight excluding hydrogens is 266 g/mol. The van der Waals surface area contributed by atoms with Crippen molar-refractivity contribution in [3.63, 3.8) is 0 Å². The molecule has 2 amide bonds. The Morgan fingerprint density at radius 1 is 1.24 bits per heavy atom. The predicted octanol–water partition coefficient (Wildman–Crippen LogP) is 1.85. The standard InChI is InChI=1S/C16H31N3O2/c1-2-13(12-20)17-16(21)18-14-7-6-10-19(11-14)15-8-4-3-5-9-15/h13-15,20H,2-12H2,1H3,(H2,17,18,21). The molecule has 2 unspecified atom stereocenters. The van der Waals surface area contributed by atoms with Crippen molar-refractivity contribution in [1.82, 2.24) is 15.5 Å². The van der Waals surface area contributed by atoms with E-state index < -0.39 is 0 Å². The molecule has 21 heavy (non-hydrogen) atoms. The molecule has 1 heterocycles. The second-order valence-electron chi connectivity index (χ2n) is 6.53. The van der Waals surface area contributed by atoms with E-state index in [9.17, 15) is 4.79 Å². The van der Waals surface area contributed by atoms with Gasteiger partial charge in [-0.05, 0) is 38.6 Å². The van der Waals surface area contributed by atoms with Gasteiger partial charge < -0.3 is 15.7 Å². The molecule has 0 bridgehead atoms. The number of hydrogen-bond donors (Lipinski definition) is 3. The van der Waals surface area contributed by atoms with Crippen molar-refractivity contribution >= 4 is 6.03 Å². The Labute approximate surface area is 128 Å². The summed E-state index contributed by atoms with van der Waals surface area (Å²) in [7, 11) is 0. The summed E-state index contributed by atoms with van der Waals surface area (Å²) in [6, 6.07) is 0.707. The number of nitrogens with one attached hydrogen (secondary N) is 2. The van der Waals surface area contributed by atoms with Gasteiger partial charge in [0.1, 0.15) is 0 Å². The van der Waals surface area contributed by atoms with Crippen LogP contribution in [0.1, 0.15) is 58.3 Å². The summed E-state index contributed by atoms with van der Waals surface area (Å²) in [6.07, 6.45) is 9.72. The molecule has 1 saturated heterocycles. The lowest BCUT2D eigenvalue weighted by Crippen LogP contribution is -2.54. The van der Waals surface area contributed by atoms with E-state index in [4.69, 9.17) is 5.11 Å². The SMILES string of the molecule is CCC(CO)NC(=O)NC1CCCN(C2CCCCC2)C1. The molecule has 2 fully saturated rings. The molecule has 3 N–H and O–H groups in total. The first kappa shape index (κ1) is 16.6. The number of urea groups is 1. The van der Waals surface area contributed by atoms with Crippen molar-refractivity contribution in [2.45, 2.75) is 76.4 Å². The van der Waals surface area contributed by atoms with Gasteiger partial charge in [0.15, 0.2) is 0 Å². The molecule has 1 aliphatic carbocycles. The van der Waals surface area contributed by atoms with Gasteiger partial charge in [0.2, 0.25) is 0 Å². The Kier molecular flexibility index (Phi) is 6.77. The minimum atomic E-state index is -0.136. The topological polar surface area (TPSA) is 64.6 Å². The van der Waals surface area contributed by atoms with Crippen LogP contribution in [0, 0.1) is 0 Å². The van der Waals surface area contributed by atoms with E-state index in [1.54, 1.807) is 0 Å². The Morgan fingerprint density at radius 3 is 2.67 bits per heavy atom. The number of carbonyl (C=O) groups is 1. The minimum Gasteiger partial charge on any atom is -0.394 e. The Balaban J connectivity index is 1.76. The third-order valence-corrected chi connectivity index (χ3v) is 4.93. The summed E-state index contributed by atoms with van der Waals surface area (Å²) < 4.78 is 0. The number of hydrogen-bond acceptors (Lipinski definition) is 3. The molecule has 0 aromatic heterocycles. The molecule has 0 aromatic rings. The lowest BCUT2D eigenvalue weighted by molar-refractivity contribution is 0.111. The zero-order valence-corrected chi connectivity index (χ0v) is 13.3. The van der Waals surface area contributed by atoms with Crippen LogP contribution >= 0.6 is 0 Å². The van der Waals surface area contributed by atoms with E-state index in [0.717, 1.165) is 25.4 Å². The molecule has 0 aromatic carbocycles. The Bertz CT molecular complexity index is 315. The van der Waals surface area contributed by atoms with Crippen molar-refractivity contribution in [3.8, 4) is 0 Å². The van der Waals surface area contributed by atoms with Crippen molar-refractivity contribution in [2.24, 2.45) is 0 Å². The monoisotopic (exact) mass is 297 g/mol.